The molecular formula is C22H34N4O3S3. The minimum Gasteiger partial charge on any atom is -0.401 e. The molecule has 0 spiro atoms. The topological polar surface area (TPSA) is 90.5 Å². The van der Waals surface area contributed by atoms with Crippen LogP contribution < -0.4 is 11.1 Å². The van der Waals surface area contributed by atoms with E-state index in [0.717, 1.165) is 53.6 Å². The van der Waals surface area contributed by atoms with Crippen LogP contribution >= 0.6 is 37.0 Å². The van der Waals surface area contributed by atoms with Crippen molar-refractivity contribution in [3.8, 4) is 0 Å². The molecule has 0 saturated carbocycles. The van der Waals surface area contributed by atoms with Gasteiger partial charge in [-0.05, 0) is 37.5 Å². The predicted molar refractivity (Wildman–Crippen MR) is 138 cm³/mol. The van der Waals surface area contributed by atoms with Gasteiger partial charge in [-0.15, -0.1) is 12.6 Å². The number of hydrogen-bond acceptors (Lipinski definition) is 10. The molecule has 3 aliphatic heterocycles. The Balaban J connectivity index is 1.37. The third-order valence-corrected chi connectivity index (χ3v) is 8.44. The molecule has 4 rings (SSSR count). The summed E-state index contributed by atoms with van der Waals surface area (Å²) in [6.07, 6.45) is 8.51. The van der Waals surface area contributed by atoms with Crippen LogP contribution in [0.4, 0.5) is 0 Å². The van der Waals surface area contributed by atoms with Crippen LogP contribution in [0.2, 0.25) is 0 Å². The molecule has 7 nitrogen and oxygen atoms in total. The monoisotopic (exact) mass is 498 g/mol. The van der Waals surface area contributed by atoms with Gasteiger partial charge in [0.05, 0.1) is 40.1 Å². The Morgan fingerprint density at radius 3 is 2.84 bits per heavy atom. The van der Waals surface area contributed by atoms with Gasteiger partial charge >= 0.3 is 0 Å². The average Bonchev–Trinajstić information content (AvgIpc) is 3.42. The maximum absolute atomic E-state index is 6.64. The first kappa shape index (κ1) is 24.5. The third kappa shape index (κ3) is 5.52. The van der Waals surface area contributed by atoms with Crippen molar-refractivity contribution in [3.63, 3.8) is 0 Å². The molecule has 0 bridgehead atoms. The summed E-state index contributed by atoms with van der Waals surface area (Å²) in [5.74, 6) is 1.44. The minimum absolute atomic E-state index is 0.0986. The van der Waals surface area contributed by atoms with Crippen molar-refractivity contribution < 1.29 is 14.2 Å². The van der Waals surface area contributed by atoms with Gasteiger partial charge in [0, 0.05) is 50.1 Å². The van der Waals surface area contributed by atoms with E-state index in [9.17, 15) is 0 Å². The van der Waals surface area contributed by atoms with E-state index in [0.29, 0.717) is 12.5 Å². The van der Waals surface area contributed by atoms with Crippen LogP contribution in [0.25, 0.3) is 0 Å². The number of nitrogens with two attached hydrogens (primary N) is 1. The molecule has 178 valence electrons. The molecular weight excluding hydrogens is 464 g/mol. The van der Waals surface area contributed by atoms with E-state index in [1.165, 1.54) is 5.70 Å². The highest BCUT2D eigenvalue weighted by Crippen LogP contribution is 2.40. The van der Waals surface area contributed by atoms with Gasteiger partial charge in [0.25, 0.3) is 0 Å². The largest absolute Gasteiger partial charge is 0.401 e. The van der Waals surface area contributed by atoms with Crippen molar-refractivity contribution in [1.29, 1.82) is 0 Å². The van der Waals surface area contributed by atoms with E-state index in [1.807, 2.05) is 6.21 Å². The number of ether oxygens (including phenoxy) is 3. The number of rotatable bonds is 9. The van der Waals surface area contributed by atoms with Crippen molar-refractivity contribution in [2.45, 2.75) is 61.9 Å². The van der Waals surface area contributed by atoms with Gasteiger partial charge in [-0.25, -0.2) is 0 Å². The van der Waals surface area contributed by atoms with Crippen molar-refractivity contribution in [2.24, 2.45) is 27.6 Å². The lowest BCUT2D eigenvalue weighted by Gasteiger charge is -2.34. The van der Waals surface area contributed by atoms with Crippen LogP contribution in [0.1, 0.15) is 32.1 Å². The van der Waals surface area contributed by atoms with E-state index in [4.69, 9.17) is 24.9 Å². The van der Waals surface area contributed by atoms with E-state index < -0.39 is 0 Å². The summed E-state index contributed by atoms with van der Waals surface area (Å²) in [7, 11) is 3.35. The molecule has 0 radical (unpaired) electrons. The van der Waals surface area contributed by atoms with Crippen LogP contribution in [0.3, 0.4) is 0 Å². The summed E-state index contributed by atoms with van der Waals surface area (Å²) in [5.41, 5.74) is 8.63. The Kier molecular flexibility index (Phi) is 8.55. The number of aliphatic imine (C=N–C) groups is 2. The van der Waals surface area contributed by atoms with Crippen molar-refractivity contribution in [2.75, 3.05) is 26.5 Å². The standard InChI is InChI=1S/C22H34N4O3S3/c1-27-22(28-2)18-11-25-21(32-18)16-8-13-7-14(10-15(23)20(13)26-16)29-17(4-6-30)12-3-5-24-19(31)9-12/h5,9,12-14,16-18,22,26,30-31H,3-4,6-8,10-11,23H2,1-2H3. The number of fused-ring (bicyclic) bond motifs is 1. The van der Waals surface area contributed by atoms with Crippen LogP contribution in [0, 0.1) is 11.8 Å². The third-order valence-electron chi connectivity index (χ3n) is 6.59. The van der Waals surface area contributed by atoms with Gasteiger partial charge in [0.2, 0.25) is 0 Å². The van der Waals surface area contributed by atoms with Gasteiger partial charge < -0.3 is 25.3 Å². The van der Waals surface area contributed by atoms with Crippen LogP contribution in [-0.2, 0) is 14.2 Å². The Labute approximate surface area is 205 Å². The lowest BCUT2D eigenvalue weighted by molar-refractivity contribution is -0.0994. The second-order valence-electron chi connectivity index (χ2n) is 8.73. The first-order valence-corrected chi connectivity index (χ1v) is 13.2. The van der Waals surface area contributed by atoms with Crippen molar-refractivity contribution in [1.82, 2.24) is 5.32 Å². The van der Waals surface area contributed by atoms with E-state index in [1.54, 1.807) is 26.0 Å². The molecule has 32 heavy (non-hydrogen) atoms. The molecule has 3 heterocycles. The fraction of sp³-hybridized carbons (Fsp3) is 0.727. The molecule has 1 saturated heterocycles. The molecule has 6 unspecified atom stereocenters. The number of thioether (sulfide) groups is 1. The highest BCUT2D eigenvalue weighted by atomic mass is 32.2. The minimum atomic E-state index is -0.243. The Bertz CT molecular complexity index is 799. The number of nitrogens with one attached hydrogen (secondary N) is 1. The van der Waals surface area contributed by atoms with Crippen LogP contribution in [-0.4, -0.2) is 67.6 Å². The molecule has 6 atom stereocenters. The van der Waals surface area contributed by atoms with E-state index in [2.05, 4.69) is 41.6 Å². The van der Waals surface area contributed by atoms with Crippen molar-refractivity contribution >= 4 is 48.3 Å². The Morgan fingerprint density at radius 2 is 2.12 bits per heavy atom. The smallest absolute Gasteiger partial charge is 0.170 e. The number of nitrogens with zero attached hydrogens (tertiary/aromatic N) is 2. The summed E-state index contributed by atoms with van der Waals surface area (Å²) >= 11 is 10.6. The molecule has 1 fully saturated rings. The zero-order valence-corrected chi connectivity index (χ0v) is 21.3. The quantitative estimate of drug-likeness (QED) is 0.289. The summed E-state index contributed by atoms with van der Waals surface area (Å²) < 4.78 is 17.5. The van der Waals surface area contributed by atoms with Crippen LogP contribution in [0.15, 0.2) is 32.5 Å². The van der Waals surface area contributed by atoms with Gasteiger partial charge in [-0.3, -0.25) is 9.98 Å². The normalized spacial score (nSPS) is 33.2. The molecule has 0 aromatic rings. The van der Waals surface area contributed by atoms with Crippen molar-refractivity contribution in [3.05, 3.63) is 22.5 Å². The van der Waals surface area contributed by atoms with Gasteiger partial charge in [-0.2, -0.15) is 12.6 Å². The second kappa shape index (κ2) is 11.2. The second-order valence-corrected chi connectivity index (χ2v) is 10.9. The zero-order valence-electron chi connectivity index (χ0n) is 18.6. The molecule has 1 aliphatic carbocycles. The first-order valence-electron chi connectivity index (χ1n) is 11.2. The lowest BCUT2D eigenvalue weighted by atomic mass is 9.87. The van der Waals surface area contributed by atoms with Gasteiger partial charge in [0.15, 0.2) is 6.29 Å². The number of thiol groups is 2. The number of hydrogen-bond donors (Lipinski definition) is 4. The van der Waals surface area contributed by atoms with Gasteiger partial charge in [-0.1, -0.05) is 11.8 Å². The molecule has 3 N–H and O–H groups in total. The van der Waals surface area contributed by atoms with Gasteiger partial charge in [0.1, 0.15) is 0 Å². The highest BCUT2D eigenvalue weighted by molar-refractivity contribution is 8.15. The fourth-order valence-electron chi connectivity index (χ4n) is 5.09. The fourth-order valence-corrected chi connectivity index (χ4v) is 6.88. The summed E-state index contributed by atoms with van der Waals surface area (Å²) in [5, 5.41) is 5.75. The zero-order chi connectivity index (χ0) is 22.7. The van der Waals surface area contributed by atoms with E-state index in [-0.39, 0.29) is 35.7 Å². The Hall–Kier alpha value is -0.650. The highest BCUT2D eigenvalue weighted by Gasteiger charge is 2.41. The average molecular weight is 499 g/mol. The molecule has 0 amide bonds. The summed E-state index contributed by atoms with van der Waals surface area (Å²) in [4.78, 5) is 9.05. The molecule has 0 aromatic carbocycles. The first-order chi connectivity index (χ1) is 15.5. The number of methoxy groups -OCH3 is 2. The maximum atomic E-state index is 6.64. The number of allylic oxidation sites excluding steroid dienone is 1. The molecule has 0 aromatic heterocycles. The molecule has 10 heteroatoms. The SMILES string of the molecule is COC(OC)C1CN=C(C2CC3CC(OC(CCS)C4C=C(S)N=CC4)CC(N)=C3N2)S1. The predicted octanol–water partition coefficient (Wildman–Crippen LogP) is 3.00. The lowest BCUT2D eigenvalue weighted by Crippen LogP contribution is -2.35. The molecule has 4 aliphatic rings. The summed E-state index contributed by atoms with van der Waals surface area (Å²) in [6.45, 7) is 0.714. The van der Waals surface area contributed by atoms with E-state index >= 15 is 0 Å². The summed E-state index contributed by atoms with van der Waals surface area (Å²) in [6, 6.07) is 0.203. The van der Waals surface area contributed by atoms with Crippen LogP contribution in [0.5, 0.6) is 0 Å². The maximum Gasteiger partial charge on any atom is 0.170 e. The Morgan fingerprint density at radius 1 is 1.31 bits per heavy atom.